The van der Waals surface area contributed by atoms with Gasteiger partial charge in [0.25, 0.3) is 0 Å². The molecule has 1 heterocycles. The van der Waals surface area contributed by atoms with E-state index in [9.17, 15) is 17.6 Å². The number of alkyl halides is 3. The topological polar surface area (TPSA) is 22.1 Å². The molecule has 1 aromatic heterocycles. The Kier molecular flexibility index (Phi) is 3.17. The predicted octanol–water partition coefficient (Wildman–Crippen LogP) is 3.03. The summed E-state index contributed by atoms with van der Waals surface area (Å²) in [7, 11) is 0. The SMILES string of the molecule is Cc1nc(I)cc(F)c1OC(F)(F)F. The highest BCUT2D eigenvalue weighted by molar-refractivity contribution is 14.1. The lowest BCUT2D eigenvalue weighted by Gasteiger charge is -2.11. The zero-order valence-electron chi connectivity index (χ0n) is 6.82. The summed E-state index contributed by atoms with van der Waals surface area (Å²) in [6.07, 6.45) is -4.90. The van der Waals surface area contributed by atoms with E-state index >= 15 is 0 Å². The molecule has 0 saturated heterocycles. The summed E-state index contributed by atoms with van der Waals surface area (Å²) in [4.78, 5) is 3.64. The highest BCUT2D eigenvalue weighted by Gasteiger charge is 2.33. The fourth-order valence-electron chi connectivity index (χ4n) is 0.825. The maximum atomic E-state index is 13.0. The van der Waals surface area contributed by atoms with Gasteiger partial charge in [-0.05, 0) is 29.5 Å². The van der Waals surface area contributed by atoms with Crippen LogP contribution in [0.25, 0.3) is 0 Å². The maximum absolute atomic E-state index is 13.0. The fourth-order valence-corrected chi connectivity index (χ4v) is 1.46. The monoisotopic (exact) mass is 321 g/mol. The number of aromatic nitrogens is 1. The molecule has 0 unspecified atom stereocenters. The van der Waals surface area contributed by atoms with Crippen LogP contribution in [0.2, 0.25) is 0 Å². The summed E-state index contributed by atoms with van der Waals surface area (Å²) in [5.41, 5.74) is -0.133. The van der Waals surface area contributed by atoms with Crippen molar-refractivity contribution in [1.82, 2.24) is 4.98 Å². The second-order valence-electron chi connectivity index (χ2n) is 2.39. The molecule has 0 aliphatic carbocycles. The van der Waals surface area contributed by atoms with Gasteiger partial charge in [-0.1, -0.05) is 0 Å². The quantitative estimate of drug-likeness (QED) is 0.451. The molecule has 0 saturated carbocycles. The highest BCUT2D eigenvalue weighted by atomic mass is 127. The molecule has 7 heteroatoms. The highest BCUT2D eigenvalue weighted by Crippen LogP contribution is 2.28. The molecule has 14 heavy (non-hydrogen) atoms. The van der Waals surface area contributed by atoms with Crippen molar-refractivity contribution in [1.29, 1.82) is 0 Å². The van der Waals surface area contributed by atoms with E-state index in [0.29, 0.717) is 0 Å². The Morgan fingerprint density at radius 1 is 1.43 bits per heavy atom. The molecule has 0 aliphatic rings. The minimum Gasteiger partial charge on any atom is -0.401 e. The summed E-state index contributed by atoms with van der Waals surface area (Å²) >= 11 is 1.70. The van der Waals surface area contributed by atoms with Crippen LogP contribution in [0.3, 0.4) is 0 Å². The van der Waals surface area contributed by atoms with Crippen molar-refractivity contribution in [2.24, 2.45) is 0 Å². The summed E-state index contributed by atoms with van der Waals surface area (Å²) < 4.78 is 52.1. The van der Waals surface area contributed by atoms with Crippen molar-refractivity contribution in [3.8, 4) is 5.75 Å². The Balaban J connectivity index is 3.09. The molecule has 0 spiro atoms. The summed E-state index contributed by atoms with van der Waals surface area (Å²) in [6, 6.07) is 0.870. The second kappa shape index (κ2) is 3.87. The van der Waals surface area contributed by atoms with E-state index in [1.807, 2.05) is 0 Å². The third-order valence-corrected chi connectivity index (χ3v) is 1.84. The first-order valence-corrected chi connectivity index (χ1v) is 4.46. The molecule has 0 amide bonds. The first-order valence-electron chi connectivity index (χ1n) is 3.38. The molecule has 2 nitrogen and oxygen atoms in total. The van der Waals surface area contributed by atoms with Crippen molar-refractivity contribution in [3.05, 3.63) is 21.3 Å². The van der Waals surface area contributed by atoms with Crippen LogP contribution in [-0.4, -0.2) is 11.3 Å². The van der Waals surface area contributed by atoms with Gasteiger partial charge in [-0.25, -0.2) is 9.37 Å². The summed E-state index contributed by atoms with van der Waals surface area (Å²) in [5.74, 6) is -1.95. The van der Waals surface area contributed by atoms with Gasteiger partial charge in [0.15, 0.2) is 11.6 Å². The van der Waals surface area contributed by atoms with Crippen LogP contribution in [0.5, 0.6) is 5.75 Å². The van der Waals surface area contributed by atoms with E-state index in [2.05, 4.69) is 9.72 Å². The fraction of sp³-hybridized carbons (Fsp3) is 0.286. The lowest BCUT2D eigenvalue weighted by Crippen LogP contribution is -2.19. The van der Waals surface area contributed by atoms with Crippen LogP contribution in [0.4, 0.5) is 17.6 Å². The number of hydrogen-bond donors (Lipinski definition) is 0. The molecular formula is C7H4F4INO. The van der Waals surface area contributed by atoms with Crippen LogP contribution in [0.15, 0.2) is 6.07 Å². The normalized spacial score (nSPS) is 11.6. The van der Waals surface area contributed by atoms with E-state index in [-0.39, 0.29) is 9.39 Å². The van der Waals surface area contributed by atoms with Gasteiger partial charge in [0.1, 0.15) is 3.70 Å². The van der Waals surface area contributed by atoms with Gasteiger partial charge in [-0.3, -0.25) is 0 Å². The average Bonchev–Trinajstić information content (AvgIpc) is 1.95. The Morgan fingerprint density at radius 3 is 2.43 bits per heavy atom. The number of rotatable bonds is 1. The molecule has 78 valence electrons. The third kappa shape index (κ3) is 2.96. The van der Waals surface area contributed by atoms with Crippen LogP contribution >= 0.6 is 22.6 Å². The maximum Gasteiger partial charge on any atom is 0.573 e. The number of halogens is 5. The van der Waals surface area contributed by atoms with Crippen LogP contribution in [0.1, 0.15) is 5.69 Å². The predicted molar refractivity (Wildman–Crippen MR) is 48.3 cm³/mol. The van der Waals surface area contributed by atoms with Gasteiger partial charge in [0.2, 0.25) is 0 Å². The molecule has 0 fully saturated rings. The number of hydrogen-bond acceptors (Lipinski definition) is 2. The number of pyridine rings is 1. The van der Waals surface area contributed by atoms with Crippen molar-refractivity contribution < 1.29 is 22.3 Å². The molecule has 1 rings (SSSR count). The Hall–Kier alpha value is -0.600. The van der Waals surface area contributed by atoms with E-state index in [1.165, 1.54) is 6.92 Å². The second-order valence-corrected chi connectivity index (χ2v) is 3.49. The largest absolute Gasteiger partial charge is 0.573 e. The molecule has 0 bridgehead atoms. The van der Waals surface area contributed by atoms with Gasteiger partial charge in [-0.2, -0.15) is 0 Å². The minimum atomic E-state index is -4.90. The van der Waals surface area contributed by atoms with Gasteiger partial charge in [-0.15, -0.1) is 13.2 Å². The third-order valence-electron chi connectivity index (χ3n) is 1.28. The number of ether oxygens (including phenoxy) is 1. The van der Waals surface area contributed by atoms with Crippen molar-refractivity contribution >= 4 is 22.6 Å². The first kappa shape index (κ1) is 11.5. The van der Waals surface area contributed by atoms with E-state index in [4.69, 9.17) is 0 Å². The minimum absolute atomic E-state index is 0.133. The summed E-state index contributed by atoms with van der Waals surface area (Å²) in [5, 5.41) is 0. The van der Waals surface area contributed by atoms with Gasteiger partial charge < -0.3 is 4.74 Å². The molecule has 0 aliphatic heterocycles. The van der Waals surface area contributed by atoms with Crippen molar-refractivity contribution in [2.75, 3.05) is 0 Å². The zero-order valence-corrected chi connectivity index (χ0v) is 8.98. The standard InChI is InChI=1S/C7H4F4INO/c1-3-6(14-7(9,10)11)4(8)2-5(12)13-3/h2H,1H3. The number of aryl methyl sites for hydroxylation is 1. The van der Waals surface area contributed by atoms with Crippen LogP contribution in [0, 0.1) is 16.4 Å². The number of nitrogens with zero attached hydrogens (tertiary/aromatic N) is 1. The lowest BCUT2D eigenvalue weighted by molar-refractivity contribution is -0.276. The van der Waals surface area contributed by atoms with E-state index < -0.39 is 17.9 Å². The first-order chi connectivity index (χ1) is 6.29. The van der Waals surface area contributed by atoms with Crippen molar-refractivity contribution in [2.45, 2.75) is 13.3 Å². The van der Waals surface area contributed by atoms with Crippen LogP contribution < -0.4 is 4.74 Å². The molecule has 0 N–H and O–H groups in total. The van der Waals surface area contributed by atoms with E-state index in [0.717, 1.165) is 6.07 Å². The van der Waals surface area contributed by atoms with Gasteiger partial charge in [0, 0.05) is 6.07 Å². The van der Waals surface area contributed by atoms with Crippen molar-refractivity contribution in [3.63, 3.8) is 0 Å². The molecule has 0 atom stereocenters. The van der Waals surface area contributed by atoms with E-state index in [1.54, 1.807) is 22.6 Å². The molecular weight excluding hydrogens is 317 g/mol. The Labute approximate surface area is 90.4 Å². The summed E-state index contributed by atoms with van der Waals surface area (Å²) in [6.45, 7) is 1.24. The molecule has 0 radical (unpaired) electrons. The molecule has 0 aromatic carbocycles. The average molecular weight is 321 g/mol. The Bertz CT molecular complexity index is 329. The molecule has 1 aromatic rings. The van der Waals surface area contributed by atoms with Crippen LogP contribution in [-0.2, 0) is 0 Å². The Morgan fingerprint density at radius 2 is 2.00 bits per heavy atom. The van der Waals surface area contributed by atoms with Gasteiger partial charge >= 0.3 is 6.36 Å². The zero-order chi connectivity index (χ0) is 10.9. The lowest BCUT2D eigenvalue weighted by atomic mass is 10.3. The smallest absolute Gasteiger partial charge is 0.401 e. The van der Waals surface area contributed by atoms with Gasteiger partial charge in [0.05, 0.1) is 5.69 Å².